The van der Waals surface area contributed by atoms with Gasteiger partial charge in [0, 0.05) is 29.1 Å². The zero-order valence-electron chi connectivity index (χ0n) is 17.5. The molecule has 31 heavy (non-hydrogen) atoms. The number of aliphatic hydroxyl groups is 1. The van der Waals surface area contributed by atoms with Crippen LogP contribution >= 0.6 is 0 Å². The van der Waals surface area contributed by atoms with Crippen LogP contribution in [0.1, 0.15) is 51.0 Å². The SMILES string of the molecule is NC(=O)[C@@H](CO)n1ccc2c(NC(=O)CC34CC5CC(CC(C5)C3)C4)cccc2c1=O. The molecule has 2 aromatic rings. The van der Waals surface area contributed by atoms with Crippen molar-refractivity contribution >= 4 is 28.3 Å². The lowest BCUT2D eigenvalue weighted by Gasteiger charge is -2.56. The molecule has 6 rings (SSSR count). The van der Waals surface area contributed by atoms with Crippen LogP contribution in [0.3, 0.4) is 0 Å². The molecule has 1 atom stereocenters. The molecule has 2 amide bonds. The predicted octanol–water partition coefficient (Wildman–Crippen LogP) is 2.57. The lowest BCUT2D eigenvalue weighted by molar-refractivity contribution is -0.124. The number of aromatic nitrogens is 1. The molecule has 7 nitrogen and oxygen atoms in total. The smallest absolute Gasteiger partial charge is 0.259 e. The first-order valence-corrected chi connectivity index (χ1v) is 11.2. The van der Waals surface area contributed by atoms with Crippen LogP contribution in [-0.4, -0.2) is 28.1 Å². The summed E-state index contributed by atoms with van der Waals surface area (Å²) in [4.78, 5) is 37.5. The molecular weight excluding hydrogens is 394 g/mol. The van der Waals surface area contributed by atoms with Crippen LogP contribution in [0.15, 0.2) is 35.3 Å². The van der Waals surface area contributed by atoms with Gasteiger partial charge in [0.1, 0.15) is 6.04 Å². The van der Waals surface area contributed by atoms with Crippen molar-refractivity contribution in [3.05, 3.63) is 40.8 Å². The minimum absolute atomic E-state index is 0.00370. The van der Waals surface area contributed by atoms with E-state index in [1.807, 2.05) is 0 Å². The van der Waals surface area contributed by atoms with Crippen molar-refractivity contribution in [2.75, 3.05) is 11.9 Å². The van der Waals surface area contributed by atoms with Gasteiger partial charge in [0.25, 0.3) is 5.56 Å². The summed E-state index contributed by atoms with van der Waals surface area (Å²) in [7, 11) is 0. The van der Waals surface area contributed by atoms with Gasteiger partial charge in [-0.2, -0.15) is 0 Å². The van der Waals surface area contributed by atoms with E-state index in [-0.39, 0.29) is 11.3 Å². The van der Waals surface area contributed by atoms with E-state index in [2.05, 4.69) is 5.32 Å². The third kappa shape index (κ3) is 3.55. The van der Waals surface area contributed by atoms with E-state index in [0.29, 0.717) is 22.9 Å². The largest absolute Gasteiger partial charge is 0.394 e. The van der Waals surface area contributed by atoms with Gasteiger partial charge in [0.2, 0.25) is 11.8 Å². The Kier molecular flexibility index (Phi) is 4.88. The van der Waals surface area contributed by atoms with Crippen LogP contribution in [0.4, 0.5) is 5.69 Å². The number of pyridine rings is 1. The fraction of sp³-hybridized carbons (Fsp3) is 0.542. The summed E-state index contributed by atoms with van der Waals surface area (Å²) in [5.74, 6) is 1.60. The molecule has 4 N–H and O–H groups in total. The molecule has 0 unspecified atom stereocenters. The maximum atomic E-state index is 13.0. The molecule has 4 fully saturated rings. The number of carbonyl (C=O) groups excluding carboxylic acids is 2. The molecule has 4 bridgehead atoms. The minimum Gasteiger partial charge on any atom is -0.394 e. The number of amides is 2. The number of fused-ring (bicyclic) bond motifs is 1. The normalized spacial score (nSPS) is 29.8. The van der Waals surface area contributed by atoms with Gasteiger partial charge in [-0.3, -0.25) is 14.4 Å². The fourth-order valence-corrected chi connectivity index (χ4v) is 7.00. The molecular formula is C24H29N3O4. The van der Waals surface area contributed by atoms with Crippen molar-refractivity contribution in [1.82, 2.24) is 4.57 Å². The number of nitrogens with zero attached hydrogens (tertiary/aromatic N) is 1. The highest BCUT2D eigenvalue weighted by Crippen LogP contribution is 2.61. The maximum absolute atomic E-state index is 13.0. The molecule has 7 heteroatoms. The lowest BCUT2D eigenvalue weighted by Crippen LogP contribution is -2.47. The van der Waals surface area contributed by atoms with Crippen LogP contribution in [0.25, 0.3) is 10.8 Å². The Morgan fingerprint density at radius 1 is 1.10 bits per heavy atom. The van der Waals surface area contributed by atoms with E-state index >= 15 is 0 Å². The van der Waals surface area contributed by atoms with Gasteiger partial charge in [0.15, 0.2) is 0 Å². The highest BCUT2D eigenvalue weighted by atomic mass is 16.3. The van der Waals surface area contributed by atoms with Crippen molar-refractivity contribution in [2.45, 2.75) is 51.0 Å². The van der Waals surface area contributed by atoms with Crippen LogP contribution in [0.5, 0.6) is 0 Å². The molecule has 4 saturated carbocycles. The first-order valence-electron chi connectivity index (χ1n) is 11.2. The first kappa shape index (κ1) is 20.2. The Morgan fingerprint density at radius 2 is 1.74 bits per heavy atom. The second-order valence-corrected chi connectivity index (χ2v) is 10.0. The Balaban J connectivity index is 1.39. The Hall–Kier alpha value is -2.67. The average Bonchev–Trinajstić information content (AvgIpc) is 2.69. The zero-order valence-corrected chi connectivity index (χ0v) is 17.5. The number of benzene rings is 1. The molecule has 1 aromatic carbocycles. The second kappa shape index (κ2) is 7.48. The summed E-state index contributed by atoms with van der Waals surface area (Å²) < 4.78 is 1.14. The van der Waals surface area contributed by atoms with E-state index in [4.69, 9.17) is 5.73 Å². The van der Waals surface area contributed by atoms with Gasteiger partial charge < -0.3 is 20.7 Å². The van der Waals surface area contributed by atoms with Gasteiger partial charge in [-0.1, -0.05) is 6.07 Å². The van der Waals surface area contributed by atoms with Crippen molar-refractivity contribution in [1.29, 1.82) is 0 Å². The molecule has 1 heterocycles. The summed E-state index contributed by atoms with van der Waals surface area (Å²) in [5, 5.41) is 13.5. The molecule has 0 spiro atoms. The van der Waals surface area contributed by atoms with Crippen molar-refractivity contribution in [3.8, 4) is 0 Å². The Morgan fingerprint density at radius 3 is 2.32 bits per heavy atom. The first-order chi connectivity index (χ1) is 14.9. The van der Waals surface area contributed by atoms with Crippen LogP contribution in [0, 0.1) is 23.2 Å². The highest BCUT2D eigenvalue weighted by Gasteiger charge is 2.51. The quantitative estimate of drug-likeness (QED) is 0.662. The van der Waals surface area contributed by atoms with Gasteiger partial charge in [-0.25, -0.2) is 0 Å². The van der Waals surface area contributed by atoms with Gasteiger partial charge in [-0.05, 0) is 79.9 Å². The molecule has 0 aliphatic heterocycles. The van der Waals surface area contributed by atoms with E-state index in [1.54, 1.807) is 24.3 Å². The number of hydrogen-bond acceptors (Lipinski definition) is 4. The fourth-order valence-electron chi connectivity index (χ4n) is 7.00. The summed E-state index contributed by atoms with van der Waals surface area (Å²) in [5.41, 5.74) is 5.63. The molecule has 4 aliphatic rings. The number of nitrogens with one attached hydrogen (secondary N) is 1. The number of hydrogen-bond donors (Lipinski definition) is 3. The number of aliphatic hydroxyl groups excluding tert-OH is 1. The number of rotatable bonds is 6. The molecule has 0 saturated heterocycles. The van der Waals surface area contributed by atoms with E-state index in [1.165, 1.54) is 44.7 Å². The minimum atomic E-state index is -1.12. The lowest BCUT2D eigenvalue weighted by atomic mass is 9.49. The van der Waals surface area contributed by atoms with E-state index < -0.39 is 24.1 Å². The van der Waals surface area contributed by atoms with E-state index in [0.717, 1.165) is 22.3 Å². The summed E-state index contributed by atoms with van der Waals surface area (Å²) in [6, 6.07) is 5.72. The predicted molar refractivity (Wildman–Crippen MR) is 117 cm³/mol. The van der Waals surface area contributed by atoms with Gasteiger partial charge >= 0.3 is 0 Å². The van der Waals surface area contributed by atoms with Crippen molar-refractivity contribution < 1.29 is 14.7 Å². The third-order valence-corrected chi connectivity index (χ3v) is 7.78. The standard InChI is InChI=1S/C24H29N3O4/c25-22(30)20(13-28)27-5-4-17-18(23(27)31)2-1-3-19(17)26-21(29)12-24-9-14-6-15(10-24)8-16(7-14)11-24/h1-5,14-16,20,28H,6-13H2,(H2,25,30)(H,26,29)/t14?,15?,16?,20-,24?/m1/s1. The van der Waals surface area contributed by atoms with Gasteiger partial charge in [-0.15, -0.1) is 0 Å². The maximum Gasteiger partial charge on any atom is 0.259 e. The van der Waals surface area contributed by atoms with E-state index in [9.17, 15) is 19.5 Å². The summed E-state index contributed by atoms with van der Waals surface area (Å²) >= 11 is 0. The molecule has 164 valence electrons. The Bertz CT molecular complexity index is 1070. The van der Waals surface area contributed by atoms with Crippen LogP contribution in [0.2, 0.25) is 0 Å². The molecule has 1 aromatic heterocycles. The van der Waals surface area contributed by atoms with Crippen molar-refractivity contribution in [2.24, 2.45) is 28.9 Å². The third-order valence-electron chi connectivity index (χ3n) is 7.78. The zero-order chi connectivity index (χ0) is 21.8. The van der Waals surface area contributed by atoms with Crippen LogP contribution < -0.4 is 16.6 Å². The topological polar surface area (TPSA) is 114 Å². The number of carbonyl (C=O) groups is 2. The number of nitrogens with two attached hydrogens (primary N) is 1. The number of anilines is 1. The molecule has 4 aliphatic carbocycles. The summed E-state index contributed by atoms with van der Waals surface area (Å²) in [6.07, 6.45) is 9.53. The number of primary amides is 1. The van der Waals surface area contributed by atoms with Crippen LogP contribution in [-0.2, 0) is 9.59 Å². The second-order valence-electron chi connectivity index (χ2n) is 10.0. The van der Waals surface area contributed by atoms with Crippen molar-refractivity contribution in [3.63, 3.8) is 0 Å². The molecule has 0 radical (unpaired) electrons. The highest BCUT2D eigenvalue weighted by molar-refractivity contribution is 6.02. The summed E-state index contributed by atoms with van der Waals surface area (Å²) in [6.45, 7) is -0.553. The Labute approximate surface area is 180 Å². The average molecular weight is 424 g/mol. The monoisotopic (exact) mass is 423 g/mol. The van der Waals surface area contributed by atoms with Gasteiger partial charge in [0.05, 0.1) is 6.61 Å².